The van der Waals surface area contributed by atoms with Gasteiger partial charge in [0.2, 0.25) is 5.88 Å². The number of aliphatic imine (C=N–C) groups is 1. The molecule has 2 aromatic heterocycles. The zero-order chi connectivity index (χ0) is 16.1. The quantitative estimate of drug-likeness (QED) is 0.433. The number of likely N-dealkylation sites (tertiary alicyclic amines) is 1. The van der Waals surface area contributed by atoms with Gasteiger partial charge in [-0.05, 0) is 13.0 Å². The number of pyridine rings is 1. The third-order valence-electron chi connectivity index (χ3n) is 3.65. The number of aromatic nitrogens is 2. The number of nitrogens with one attached hydrogen (secondary N) is 1. The minimum Gasteiger partial charge on any atom is -0.472 e. The maximum absolute atomic E-state index is 5.92. The van der Waals surface area contributed by atoms with Crippen LogP contribution in [0.3, 0.4) is 0 Å². The van der Waals surface area contributed by atoms with E-state index in [2.05, 4.69) is 30.6 Å². The summed E-state index contributed by atoms with van der Waals surface area (Å²) in [5, 5.41) is 6.51. The van der Waals surface area contributed by atoms with E-state index in [1.165, 1.54) is 0 Å². The first-order chi connectivity index (χ1) is 11.2. The molecule has 0 saturated carbocycles. The van der Waals surface area contributed by atoms with Gasteiger partial charge in [-0.15, -0.1) is 35.3 Å². The Balaban J connectivity index is 0.00000208. The maximum atomic E-state index is 5.92. The first kappa shape index (κ1) is 18.9. The van der Waals surface area contributed by atoms with E-state index in [0.717, 1.165) is 36.2 Å². The molecule has 2 aromatic rings. The molecular formula is C16H22IN5OS. The highest BCUT2D eigenvalue weighted by Gasteiger charge is 2.26. The Morgan fingerprint density at radius 3 is 3.04 bits per heavy atom. The summed E-state index contributed by atoms with van der Waals surface area (Å²) in [6.07, 6.45) is 2.86. The van der Waals surface area contributed by atoms with Gasteiger partial charge in [0.25, 0.3) is 0 Å². The van der Waals surface area contributed by atoms with Crippen LogP contribution in [-0.4, -0.2) is 47.1 Å². The lowest BCUT2D eigenvalue weighted by atomic mass is 10.3. The van der Waals surface area contributed by atoms with Crippen molar-refractivity contribution in [3.05, 3.63) is 40.5 Å². The van der Waals surface area contributed by atoms with Crippen LogP contribution in [-0.2, 0) is 6.54 Å². The smallest absolute Gasteiger partial charge is 0.213 e. The molecule has 1 saturated heterocycles. The highest BCUT2D eigenvalue weighted by atomic mass is 127. The summed E-state index contributed by atoms with van der Waals surface area (Å²) in [6, 6.07) is 5.71. The van der Waals surface area contributed by atoms with Gasteiger partial charge in [0, 0.05) is 43.4 Å². The molecule has 0 aliphatic carbocycles. The summed E-state index contributed by atoms with van der Waals surface area (Å²) in [5.41, 5.74) is 1.06. The Bertz CT molecular complexity index is 663. The van der Waals surface area contributed by atoms with E-state index >= 15 is 0 Å². The van der Waals surface area contributed by atoms with Crippen LogP contribution in [0.4, 0.5) is 0 Å². The molecule has 3 heterocycles. The molecule has 3 rings (SSSR count). The zero-order valence-electron chi connectivity index (χ0n) is 13.8. The largest absolute Gasteiger partial charge is 0.472 e. The summed E-state index contributed by atoms with van der Waals surface area (Å²) in [6.45, 7) is 4.45. The second-order valence-electron chi connectivity index (χ2n) is 5.43. The summed E-state index contributed by atoms with van der Waals surface area (Å²) < 4.78 is 5.92. The molecule has 1 fully saturated rings. The Kier molecular flexibility index (Phi) is 7.22. The average Bonchev–Trinajstić information content (AvgIpc) is 3.19. The predicted molar refractivity (Wildman–Crippen MR) is 107 cm³/mol. The van der Waals surface area contributed by atoms with Gasteiger partial charge in [-0.3, -0.25) is 4.99 Å². The van der Waals surface area contributed by atoms with Crippen molar-refractivity contribution in [3.63, 3.8) is 0 Å². The molecule has 1 atom stereocenters. The minimum absolute atomic E-state index is 0. The van der Waals surface area contributed by atoms with E-state index in [4.69, 9.17) is 4.74 Å². The highest BCUT2D eigenvalue weighted by molar-refractivity contribution is 14.0. The number of hydrogen-bond acceptors (Lipinski definition) is 5. The second-order valence-corrected chi connectivity index (χ2v) is 6.37. The van der Waals surface area contributed by atoms with Crippen LogP contribution >= 0.6 is 35.3 Å². The number of thiazole rings is 1. The van der Waals surface area contributed by atoms with Gasteiger partial charge < -0.3 is 15.0 Å². The van der Waals surface area contributed by atoms with Gasteiger partial charge in [-0.2, -0.15) is 0 Å². The normalized spacial score (nSPS) is 17.5. The molecule has 0 amide bonds. The van der Waals surface area contributed by atoms with E-state index in [9.17, 15) is 0 Å². The van der Waals surface area contributed by atoms with Crippen molar-refractivity contribution in [2.24, 2.45) is 4.99 Å². The Hall–Kier alpha value is -1.42. The van der Waals surface area contributed by atoms with Crippen LogP contribution in [0.25, 0.3) is 0 Å². The lowest BCUT2D eigenvalue weighted by Crippen LogP contribution is -2.40. The molecule has 0 aromatic carbocycles. The molecule has 1 aliphatic rings. The van der Waals surface area contributed by atoms with E-state index in [1.807, 2.05) is 32.2 Å². The van der Waals surface area contributed by atoms with Crippen molar-refractivity contribution in [1.82, 2.24) is 20.2 Å². The Morgan fingerprint density at radius 2 is 2.38 bits per heavy atom. The Morgan fingerprint density at radius 1 is 1.50 bits per heavy atom. The molecule has 0 spiro atoms. The predicted octanol–water partition coefficient (Wildman–Crippen LogP) is 2.69. The van der Waals surface area contributed by atoms with Gasteiger partial charge in [-0.1, -0.05) is 6.07 Å². The van der Waals surface area contributed by atoms with Crippen LogP contribution in [0.2, 0.25) is 0 Å². The summed E-state index contributed by atoms with van der Waals surface area (Å²) in [5.74, 6) is 1.57. The molecule has 130 valence electrons. The summed E-state index contributed by atoms with van der Waals surface area (Å²) in [7, 11) is 1.81. The van der Waals surface area contributed by atoms with Gasteiger partial charge in [-0.25, -0.2) is 9.97 Å². The summed E-state index contributed by atoms with van der Waals surface area (Å²) >= 11 is 1.67. The molecule has 24 heavy (non-hydrogen) atoms. The van der Waals surface area contributed by atoms with Crippen molar-refractivity contribution in [2.75, 3.05) is 20.1 Å². The van der Waals surface area contributed by atoms with Crippen LogP contribution < -0.4 is 10.1 Å². The SMILES string of the molecule is CN=C(NCc1nc(C)cs1)N1CCC(Oc2ccccn2)C1.I. The molecule has 1 aliphatic heterocycles. The van der Waals surface area contributed by atoms with Crippen molar-refractivity contribution in [3.8, 4) is 5.88 Å². The van der Waals surface area contributed by atoms with Crippen LogP contribution in [0.15, 0.2) is 34.8 Å². The van der Waals surface area contributed by atoms with Crippen LogP contribution in [0, 0.1) is 6.92 Å². The first-order valence-electron chi connectivity index (χ1n) is 7.69. The van der Waals surface area contributed by atoms with Crippen LogP contribution in [0.1, 0.15) is 17.1 Å². The molecule has 0 bridgehead atoms. The van der Waals surface area contributed by atoms with Gasteiger partial charge in [0.15, 0.2) is 5.96 Å². The number of nitrogens with zero attached hydrogens (tertiary/aromatic N) is 4. The lowest BCUT2D eigenvalue weighted by molar-refractivity contribution is 0.205. The molecule has 1 unspecified atom stereocenters. The highest BCUT2D eigenvalue weighted by Crippen LogP contribution is 2.16. The number of guanidine groups is 1. The fourth-order valence-corrected chi connectivity index (χ4v) is 3.29. The lowest BCUT2D eigenvalue weighted by Gasteiger charge is -2.21. The molecular weight excluding hydrogens is 437 g/mol. The van der Waals surface area contributed by atoms with E-state index < -0.39 is 0 Å². The topological polar surface area (TPSA) is 62.6 Å². The van der Waals surface area contributed by atoms with Gasteiger partial charge in [0.1, 0.15) is 11.1 Å². The minimum atomic E-state index is 0. The zero-order valence-corrected chi connectivity index (χ0v) is 17.0. The maximum Gasteiger partial charge on any atom is 0.213 e. The fraction of sp³-hybridized carbons (Fsp3) is 0.438. The van der Waals surface area contributed by atoms with Crippen LogP contribution in [0.5, 0.6) is 5.88 Å². The standard InChI is InChI=1S/C16H21N5OS.HI/c1-12-11-23-15(20-12)9-19-16(17-2)21-8-6-13(10-21)22-14-5-3-4-7-18-14;/h3-5,7,11,13H,6,8-10H2,1-2H3,(H,17,19);1H. The number of hydrogen-bond donors (Lipinski definition) is 1. The first-order valence-corrected chi connectivity index (χ1v) is 8.57. The van der Waals surface area contributed by atoms with E-state index in [0.29, 0.717) is 12.4 Å². The van der Waals surface area contributed by atoms with Crippen molar-refractivity contribution < 1.29 is 4.74 Å². The number of ether oxygens (including phenoxy) is 1. The van der Waals surface area contributed by atoms with Crippen molar-refractivity contribution in [1.29, 1.82) is 0 Å². The number of aryl methyl sites for hydroxylation is 1. The van der Waals surface area contributed by atoms with E-state index in [-0.39, 0.29) is 30.1 Å². The van der Waals surface area contributed by atoms with Gasteiger partial charge in [0.05, 0.1) is 13.1 Å². The molecule has 6 nitrogen and oxygen atoms in total. The monoisotopic (exact) mass is 459 g/mol. The van der Waals surface area contributed by atoms with E-state index in [1.54, 1.807) is 17.5 Å². The third-order valence-corrected chi connectivity index (χ3v) is 4.61. The summed E-state index contributed by atoms with van der Waals surface area (Å²) in [4.78, 5) is 15.3. The number of rotatable bonds is 4. The fourth-order valence-electron chi connectivity index (χ4n) is 2.58. The molecule has 8 heteroatoms. The average molecular weight is 459 g/mol. The molecule has 0 radical (unpaired) electrons. The van der Waals surface area contributed by atoms with Gasteiger partial charge >= 0.3 is 0 Å². The Labute approximate surface area is 163 Å². The van der Waals surface area contributed by atoms with Crippen molar-refractivity contribution >= 4 is 41.3 Å². The molecule has 1 N–H and O–H groups in total. The second kappa shape index (κ2) is 9.16. The van der Waals surface area contributed by atoms with Crippen molar-refractivity contribution in [2.45, 2.75) is 26.0 Å². The number of halogens is 1. The third kappa shape index (κ3) is 5.04.